The van der Waals surface area contributed by atoms with Gasteiger partial charge in [0.15, 0.2) is 5.58 Å². The molecule has 9 heteroatoms. The van der Waals surface area contributed by atoms with Crippen LogP contribution in [0, 0.1) is 23.2 Å². The Morgan fingerprint density at radius 2 is 2.03 bits per heavy atom. The van der Waals surface area contributed by atoms with Crippen LogP contribution in [0.4, 0.5) is 11.6 Å². The van der Waals surface area contributed by atoms with Gasteiger partial charge in [0.2, 0.25) is 11.8 Å². The summed E-state index contributed by atoms with van der Waals surface area (Å²) in [7, 11) is 1.80. The molecule has 2 aliphatic carbocycles. The zero-order valence-corrected chi connectivity index (χ0v) is 18.5. The average Bonchev–Trinajstić information content (AvgIpc) is 3.59. The number of ether oxygens (including phenoxy) is 1. The fourth-order valence-electron chi connectivity index (χ4n) is 4.20. The molecule has 0 bridgehead atoms. The van der Waals surface area contributed by atoms with E-state index in [1.165, 1.54) is 0 Å². The Morgan fingerprint density at radius 3 is 2.79 bits per heavy atom. The maximum absolute atomic E-state index is 12.2. The molecule has 0 spiro atoms. The highest BCUT2D eigenvalue weighted by Gasteiger charge is 2.31. The van der Waals surface area contributed by atoms with Gasteiger partial charge in [0.25, 0.3) is 0 Å². The number of pyridine rings is 2. The van der Waals surface area contributed by atoms with Crippen LogP contribution in [0.1, 0.15) is 25.7 Å². The summed E-state index contributed by atoms with van der Waals surface area (Å²) in [6.07, 6.45) is 6.82. The second-order valence-corrected chi connectivity index (χ2v) is 8.83. The Morgan fingerprint density at radius 1 is 1.18 bits per heavy atom. The highest BCUT2D eigenvalue weighted by Crippen LogP contribution is 2.36. The Balaban J connectivity index is 1.35. The number of amides is 1. The van der Waals surface area contributed by atoms with Gasteiger partial charge in [-0.05, 0) is 31.0 Å². The van der Waals surface area contributed by atoms with Gasteiger partial charge in [-0.25, -0.2) is 15.0 Å². The third-order valence-corrected chi connectivity index (χ3v) is 6.38. The van der Waals surface area contributed by atoms with Crippen LogP contribution in [0.2, 0.25) is 0 Å². The fourth-order valence-corrected chi connectivity index (χ4v) is 4.20. The number of anilines is 2. The van der Waals surface area contributed by atoms with Crippen LogP contribution < -0.4 is 15.4 Å². The summed E-state index contributed by atoms with van der Waals surface area (Å²) in [6.45, 7) is 0. The van der Waals surface area contributed by atoms with Gasteiger partial charge in [-0.3, -0.25) is 4.79 Å². The van der Waals surface area contributed by atoms with Gasteiger partial charge in [-0.15, -0.1) is 0 Å². The van der Waals surface area contributed by atoms with E-state index in [0.29, 0.717) is 39.9 Å². The number of nitrogens with one attached hydrogen (secondary N) is 2. The molecule has 0 aliphatic heterocycles. The molecule has 2 fully saturated rings. The van der Waals surface area contributed by atoms with E-state index in [2.05, 4.69) is 26.7 Å². The van der Waals surface area contributed by atoms with Crippen molar-refractivity contribution < 1.29 is 13.9 Å². The topological polar surface area (TPSA) is 126 Å². The second kappa shape index (κ2) is 7.99. The minimum atomic E-state index is -0.00163. The van der Waals surface area contributed by atoms with Crippen LogP contribution in [0.3, 0.4) is 0 Å². The normalized spacial score (nSPS) is 19.4. The number of rotatable bonds is 6. The van der Waals surface area contributed by atoms with E-state index in [4.69, 9.17) is 19.4 Å². The van der Waals surface area contributed by atoms with Crippen molar-refractivity contribution in [1.29, 1.82) is 5.26 Å². The van der Waals surface area contributed by atoms with E-state index in [-0.39, 0.29) is 23.8 Å². The zero-order chi connectivity index (χ0) is 23.2. The number of benzene rings is 1. The molecule has 2 saturated carbocycles. The summed E-state index contributed by atoms with van der Waals surface area (Å²) < 4.78 is 12.0. The van der Waals surface area contributed by atoms with E-state index in [1.807, 2.05) is 24.3 Å². The van der Waals surface area contributed by atoms with Crippen molar-refractivity contribution in [1.82, 2.24) is 15.0 Å². The van der Waals surface area contributed by atoms with E-state index in [9.17, 15) is 4.79 Å². The number of carbonyl (C=O) groups is 1. The number of nitrogens with zero attached hydrogens (tertiary/aromatic N) is 4. The number of fused-ring (bicyclic) bond motifs is 2. The lowest BCUT2D eigenvalue weighted by Gasteiger charge is -2.30. The van der Waals surface area contributed by atoms with Crippen molar-refractivity contribution in [2.45, 2.75) is 31.8 Å². The summed E-state index contributed by atoms with van der Waals surface area (Å²) in [5.41, 5.74) is 2.01. The van der Waals surface area contributed by atoms with Crippen LogP contribution in [0.15, 0.2) is 41.1 Å². The molecular formula is C25H22N6O3. The van der Waals surface area contributed by atoms with Gasteiger partial charge in [-0.2, -0.15) is 5.26 Å². The van der Waals surface area contributed by atoms with E-state index < -0.39 is 0 Å². The lowest BCUT2D eigenvalue weighted by Crippen LogP contribution is -2.32. The molecule has 3 aromatic heterocycles. The van der Waals surface area contributed by atoms with Gasteiger partial charge in [0, 0.05) is 55.0 Å². The molecule has 170 valence electrons. The molecule has 6 rings (SSSR count). The summed E-state index contributed by atoms with van der Waals surface area (Å²) in [5.74, 6) is 2.46. The van der Waals surface area contributed by atoms with Gasteiger partial charge < -0.3 is 19.8 Å². The van der Waals surface area contributed by atoms with Crippen molar-refractivity contribution in [2.75, 3.05) is 17.7 Å². The molecule has 9 nitrogen and oxygen atoms in total. The van der Waals surface area contributed by atoms with Crippen molar-refractivity contribution >= 4 is 39.4 Å². The lowest BCUT2D eigenvalue weighted by molar-refractivity contribution is -0.117. The fraction of sp³-hybridized carbons (Fsp3) is 0.320. The summed E-state index contributed by atoms with van der Waals surface area (Å²) in [6, 6.07) is 9.64. The molecule has 0 atom stereocenters. The van der Waals surface area contributed by atoms with Gasteiger partial charge in [0.1, 0.15) is 29.0 Å². The largest absolute Gasteiger partial charge is 0.490 e. The summed E-state index contributed by atoms with van der Waals surface area (Å²) in [5, 5.41) is 16.6. The molecule has 2 N–H and O–H groups in total. The third-order valence-electron chi connectivity index (χ3n) is 6.38. The van der Waals surface area contributed by atoms with Crippen molar-refractivity contribution in [3.8, 4) is 23.3 Å². The monoisotopic (exact) mass is 454 g/mol. The first-order valence-electron chi connectivity index (χ1n) is 11.4. The van der Waals surface area contributed by atoms with Crippen LogP contribution in [-0.4, -0.2) is 34.0 Å². The molecule has 0 unspecified atom stereocenters. The smallest absolute Gasteiger partial charge is 0.229 e. The highest BCUT2D eigenvalue weighted by molar-refractivity contribution is 6.03. The predicted molar refractivity (Wildman–Crippen MR) is 126 cm³/mol. The average molecular weight is 454 g/mol. The van der Waals surface area contributed by atoms with Crippen LogP contribution in [0.25, 0.3) is 33.3 Å². The molecule has 3 heterocycles. The first kappa shape index (κ1) is 20.4. The van der Waals surface area contributed by atoms with Gasteiger partial charge in [-0.1, -0.05) is 0 Å². The highest BCUT2D eigenvalue weighted by atomic mass is 16.5. The van der Waals surface area contributed by atoms with E-state index in [0.717, 1.165) is 36.5 Å². The molecule has 0 saturated heterocycles. The van der Waals surface area contributed by atoms with Crippen molar-refractivity contribution in [3.05, 3.63) is 36.7 Å². The second-order valence-electron chi connectivity index (χ2n) is 8.83. The minimum absolute atomic E-state index is 0.00163. The maximum atomic E-state index is 12.2. The van der Waals surface area contributed by atoms with Crippen LogP contribution in [0.5, 0.6) is 5.75 Å². The molecule has 4 aromatic rings. The number of hydrogen-bond acceptors (Lipinski definition) is 8. The molecule has 2 aliphatic rings. The minimum Gasteiger partial charge on any atom is -0.490 e. The number of oxazole rings is 1. The quantitative estimate of drug-likeness (QED) is 0.436. The SMILES string of the molecule is CNc1ncc(-c2nc3cc(O[C@H]4C[C@H](C#N)C4)ccc3o2)c2cc(NC(=O)C3CC3)ncc12. The first-order chi connectivity index (χ1) is 16.6. The number of nitriles is 1. The number of carbonyl (C=O) groups excluding carboxylic acids is 1. The molecule has 1 amide bonds. The summed E-state index contributed by atoms with van der Waals surface area (Å²) in [4.78, 5) is 25.8. The summed E-state index contributed by atoms with van der Waals surface area (Å²) >= 11 is 0. The Hall–Kier alpha value is -4.19. The molecule has 1 aromatic carbocycles. The van der Waals surface area contributed by atoms with Gasteiger partial charge in [0.05, 0.1) is 17.6 Å². The van der Waals surface area contributed by atoms with Gasteiger partial charge >= 0.3 is 0 Å². The zero-order valence-electron chi connectivity index (χ0n) is 18.5. The van der Waals surface area contributed by atoms with Crippen LogP contribution >= 0.6 is 0 Å². The van der Waals surface area contributed by atoms with Crippen LogP contribution in [-0.2, 0) is 4.79 Å². The standard InChI is InChI=1S/C25H22N6O3/c1-27-23-18-11-28-22(31-24(32)14-2-3-14)9-17(18)19(12-29-23)25-30-20-8-15(4-5-21(20)34-25)33-16-6-13(7-16)10-26/h4-5,8-9,11-14,16H,2-3,6-7H2,1H3,(H,27,29)(H,28,31,32)/t13-,16-. The number of aromatic nitrogens is 3. The molecule has 34 heavy (non-hydrogen) atoms. The van der Waals surface area contributed by atoms with Crippen molar-refractivity contribution in [2.24, 2.45) is 11.8 Å². The number of hydrogen-bond donors (Lipinski definition) is 2. The molecule has 0 radical (unpaired) electrons. The predicted octanol–water partition coefficient (Wildman–Crippen LogP) is 4.51. The van der Waals surface area contributed by atoms with E-state index in [1.54, 1.807) is 19.4 Å². The first-order valence-corrected chi connectivity index (χ1v) is 11.4. The maximum Gasteiger partial charge on any atom is 0.229 e. The third kappa shape index (κ3) is 3.67. The Labute approximate surface area is 195 Å². The van der Waals surface area contributed by atoms with Crippen molar-refractivity contribution in [3.63, 3.8) is 0 Å². The Kier molecular flexibility index (Phi) is 4.80. The lowest BCUT2D eigenvalue weighted by atomic mass is 9.83. The van der Waals surface area contributed by atoms with E-state index >= 15 is 0 Å². The molecular weight excluding hydrogens is 432 g/mol. The Bertz CT molecular complexity index is 1460.